The maximum absolute atomic E-state index is 11.6. The first-order valence-corrected chi connectivity index (χ1v) is 7.14. The first-order valence-electron chi connectivity index (χ1n) is 7.14. The molecule has 1 amide bonds. The summed E-state index contributed by atoms with van der Waals surface area (Å²) in [5.41, 5.74) is 2.13. The number of anilines is 1. The molecule has 0 radical (unpaired) electrons. The summed E-state index contributed by atoms with van der Waals surface area (Å²) in [6, 6.07) is 10.4. The minimum Gasteiger partial charge on any atom is -0.496 e. The van der Waals surface area contributed by atoms with Gasteiger partial charge in [0.1, 0.15) is 11.6 Å². The molecule has 7 nitrogen and oxygen atoms in total. The van der Waals surface area contributed by atoms with E-state index in [2.05, 4.69) is 10.3 Å². The van der Waals surface area contributed by atoms with E-state index in [0.29, 0.717) is 34.7 Å². The molecule has 0 bridgehead atoms. The normalized spacial score (nSPS) is 10.6. The number of aromatic nitrogens is 2. The maximum atomic E-state index is 11.6. The summed E-state index contributed by atoms with van der Waals surface area (Å²) in [7, 11) is 3.31. The van der Waals surface area contributed by atoms with Gasteiger partial charge in [0.05, 0.1) is 29.3 Å². The van der Waals surface area contributed by atoms with E-state index in [4.69, 9.17) is 4.74 Å². The molecule has 0 unspecified atom stereocenters. The van der Waals surface area contributed by atoms with Gasteiger partial charge in [0, 0.05) is 12.7 Å². The number of aromatic carboxylic acids is 1. The van der Waals surface area contributed by atoms with Crippen LogP contribution in [0.25, 0.3) is 22.4 Å². The Morgan fingerprint density at radius 3 is 2.75 bits per heavy atom. The van der Waals surface area contributed by atoms with Crippen LogP contribution in [0.2, 0.25) is 0 Å². The second-order valence-electron chi connectivity index (χ2n) is 5.15. The molecule has 24 heavy (non-hydrogen) atoms. The van der Waals surface area contributed by atoms with Crippen molar-refractivity contribution in [3.63, 3.8) is 0 Å². The molecule has 0 spiro atoms. The quantitative estimate of drug-likeness (QED) is 0.703. The van der Waals surface area contributed by atoms with Crippen molar-refractivity contribution in [2.75, 3.05) is 12.4 Å². The van der Waals surface area contributed by atoms with Crippen molar-refractivity contribution < 1.29 is 19.4 Å². The molecule has 3 aromatic rings. The largest absolute Gasteiger partial charge is 0.496 e. The highest BCUT2D eigenvalue weighted by molar-refractivity contribution is 6.04. The summed E-state index contributed by atoms with van der Waals surface area (Å²) in [5.74, 6) is 0.122. The molecule has 0 aliphatic rings. The molecule has 0 saturated heterocycles. The van der Waals surface area contributed by atoms with E-state index in [9.17, 15) is 14.7 Å². The second kappa shape index (κ2) is 6.04. The van der Waals surface area contributed by atoms with Crippen molar-refractivity contribution >= 4 is 29.1 Å². The molecule has 0 atom stereocenters. The Morgan fingerprint density at radius 1 is 1.33 bits per heavy atom. The standard InChI is InChI=1S/C17H15N3O4/c1-20-15-12(17(22)23)7-10(18-9-21)8-13(15)19-16(20)11-5-3-4-6-14(11)24-2/h3-9H,1-2H3,(H,18,21)(H,22,23). The highest BCUT2D eigenvalue weighted by atomic mass is 16.5. The lowest BCUT2D eigenvalue weighted by Crippen LogP contribution is -2.04. The average Bonchev–Trinajstić information content (AvgIpc) is 2.91. The molecule has 0 saturated carbocycles. The topological polar surface area (TPSA) is 93.4 Å². The van der Waals surface area contributed by atoms with Crippen molar-refractivity contribution in [2.45, 2.75) is 0 Å². The molecule has 0 fully saturated rings. The lowest BCUT2D eigenvalue weighted by atomic mass is 10.1. The molecule has 2 N–H and O–H groups in total. The summed E-state index contributed by atoms with van der Waals surface area (Å²) < 4.78 is 7.07. The number of rotatable bonds is 5. The van der Waals surface area contributed by atoms with E-state index in [0.717, 1.165) is 5.56 Å². The smallest absolute Gasteiger partial charge is 0.337 e. The van der Waals surface area contributed by atoms with Crippen molar-refractivity contribution in [2.24, 2.45) is 7.05 Å². The van der Waals surface area contributed by atoms with E-state index in [1.54, 1.807) is 24.8 Å². The number of para-hydroxylation sites is 1. The van der Waals surface area contributed by atoms with Crippen molar-refractivity contribution in [1.29, 1.82) is 0 Å². The van der Waals surface area contributed by atoms with Crippen LogP contribution in [0.1, 0.15) is 10.4 Å². The molecular weight excluding hydrogens is 310 g/mol. The fourth-order valence-corrected chi connectivity index (χ4v) is 2.74. The number of imidazole rings is 1. The van der Waals surface area contributed by atoms with Crippen molar-refractivity contribution in [3.8, 4) is 17.1 Å². The fraction of sp³-hybridized carbons (Fsp3) is 0.118. The number of amides is 1. The fourth-order valence-electron chi connectivity index (χ4n) is 2.74. The Morgan fingerprint density at radius 2 is 2.08 bits per heavy atom. The SMILES string of the molecule is COc1ccccc1-c1nc2cc(NC=O)cc(C(=O)O)c2n1C. The molecule has 0 aliphatic heterocycles. The number of carboxylic acid groups (broad SMARTS) is 1. The van der Waals surface area contributed by atoms with E-state index >= 15 is 0 Å². The monoisotopic (exact) mass is 325 g/mol. The number of carbonyl (C=O) groups is 2. The molecule has 1 aromatic heterocycles. The summed E-state index contributed by atoms with van der Waals surface area (Å²) in [4.78, 5) is 26.8. The van der Waals surface area contributed by atoms with Crippen LogP contribution < -0.4 is 10.1 Å². The van der Waals surface area contributed by atoms with Gasteiger partial charge < -0.3 is 19.7 Å². The number of carboxylic acids is 1. The molecule has 7 heteroatoms. The van der Waals surface area contributed by atoms with E-state index in [-0.39, 0.29) is 5.56 Å². The minimum absolute atomic E-state index is 0.0630. The lowest BCUT2D eigenvalue weighted by molar-refractivity contribution is -0.105. The highest BCUT2D eigenvalue weighted by Gasteiger charge is 2.20. The summed E-state index contributed by atoms with van der Waals surface area (Å²) in [5, 5.41) is 12.0. The summed E-state index contributed by atoms with van der Waals surface area (Å²) in [6.07, 6.45) is 0.497. The summed E-state index contributed by atoms with van der Waals surface area (Å²) in [6.45, 7) is 0. The lowest BCUT2D eigenvalue weighted by Gasteiger charge is -2.08. The predicted molar refractivity (Wildman–Crippen MR) is 89.3 cm³/mol. The number of aryl methyl sites for hydroxylation is 1. The minimum atomic E-state index is -1.09. The molecule has 2 aromatic carbocycles. The number of carbonyl (C=O) groups excluding carboxylic acids is 1. The number of nitrogens with one attached hydrogen (secondary N) is 1. The van der Waals surface area contributed by atoms with Crippen LogP contribution in [0.5, 0.6) is 5.75 Å². The van der Waals surface area contributed by atoms with Crippen LogP contribution in [0.15, 0.2) is 36.4 Å². The summed E-state index contributed by atoms with van der Waals surface area (Å²) >= 11 is 0. The van der Waals surface area contributed by atoms with E-state index in [1.807, 2.05) is 24.3 Å². The van der Waals surface area contributed by atoms with Crippen molar-refractivity contribution in [3.05, 3.63) is 42.0 Å². The van der Waals surface area contributed by atoms with Crippen LogP contribution in [-0.2, 0) is 11.8 Å². The van der Waals surface area contributed by atoms with Crippen LogP contribution in [0, 0.1) is 0 Å². The molecular formula is C17H15N3O4. The third-order valence-corrected chi connectivity index (χ3v) is 3.77. The number of hydrogen-bond acceptors (Lipinski definition) is 4. The zero-order valence-electron chi connectivity index (χ0n) is 13.1. The van der Waals surface area contributed by atoms with Gasteiger partial charge >= 0.3 is 5.97 Å². The average molecular weight is 325 g/mol. The molecule has 0 aliphatic carbocycles. The first-order chi connectivity index (χ1) is 11.6. The first kappa shape index (κ1) is 15.5. The Bertz CT molecular complexity index is 946. The number of benzene rings is 2. The van der Waals surface area contributed by atoms with Gasteiger partial charge in [-0.2, -0.15) is 0 Å². The van der Waals surface area contributed by atoms with Gasteiger partial charge in [-0.3, -0.25) is 4.79 Å². The molecule has 3 rings (SSSR count). The number of methoxy groups -OCH3 is 1. The van der Waals surface area contributed by atoms with Gasteiger partial charge in [0.2, 0.25) is 6.41 Å². The Kier molecular flexibility index (Phi) is 3.91. The zero-order valence-corrected chi connectivity index (χ0v) is 13.1. The zero-order chi connectivity index (χ0) is 17.3. The van der Waals surface area contributed by atoms with Crippen LogP contribution in [0.3, 0.4) is 0 Å². The molecule has 122 valence electrons. The number of ether oxygens (including phenoxy) is 1. The third kappa shape index (κ3) is 2.45. The van der Waals surface area contributed by atoms with Crippen LogP contribution >= 0.6 is 0 Å². The Balaban J connectivity index is 2.32. The van der Waals surface area contributed by atoms with Crippen LogP contribution in [0.4, 0.5) is 5.69 Å². The van der Waals surface area contributed by atoms with E-state index < -0.39 is 5.97 Å². The van der Waals surface area contributed by atoms with Gasteiger partial charge in [-0.15, -0.1) is 0 Å². The van der Waals surface area contributed by atoms with Gasteiger partial charge in [0.15, 0.2) is 0 Å². The van der Waals surface area contributed by atoms with Gasteiger partial charge in [0.25, 0.3) is 0 Å². The van der Waals surface area contributed by atoms with E-state index in [1.165, 1.54) is 6.07 Å². The number of nitrogens with zero attached hydrogens (tertiary/aromatic N) is 2. The van der Waals surface area contributed by atoms with Crippen molar-refractivity contribution in [1.82, 2.24) is 9.55 Å². The second-order valence-corrected chi connectivity index (χ2v) is 5.15. The van der Waals surface area contributed by atoms with Crippen LogP contribution in [-0.4, -0.2) is 34.1 Å². The predicted octanol–water partition coefficient (Wildman–Crippen LogP) is 2.52. The number of fused-ring (bicyclic) bond motifs is 1. The molecule has 1 heterocycles. The third-order valence-electron chi connectivity index (χ3n) is 3.77. The number of hydrogen-bond donors (Lipinski definition) is 2. The maximum Gasteiger partial charge on any atom is 0.337 e. The Labute approximate surface area is 137 Å². The van der Waals surface area contributed by atoms with Gasteiger partial charge in [-0.05, 0) is 24.3 Å². The van der Waals surface area contributed by atoms with Gasteiger partial charge in [-0.25, -0.2) is 9.78 Å². The van der Waals surface area contributed by atoms with Gasteiger partial charge in [-0.1, -0.05) is 12.1 Å². The highest BCUT2D eigenvalue weighted by Crippen LogP contribution is 2.33. The Hall–Kier alpha value is -3.35.